The summed E-state index contributed by atoms with van der Waals surface area (Å²) in [5, 5.41) is 14.6. The quantitative estimate of drug-likeness (QED) is 0.448. The number of fused-ring (bicyclic) bond motifs is 1. The topological polar surface area (TPSA) is 57.3 Å². The highest BCUT2D eigenvalue weighted by molar-refractivity contribution is 5.82. The number of aryl methyl sites for hydroxylation is 2. The van der Waals surface area contributed by atoms with Gasteiger partial charge in [-0.1, -0.05) is 37.3 Å². The van der Waals surface area contributed by atoms with Crippen molar-refractivity contribution in [3.05, 3.63) is 65.9 Å². The molecule has 3 aromatic rings. The lowest BCUT2D eigenvalue weighted by Crippen LogP contribution is -2.31. The van der Waals surface area contributed by atoms with Crippen LogP contribution in [0.1, 0.15) is 30.9 Å². The van der Waals surface area contributed by atoms with Crippen LogP contribution >= 0.6 is 0 Å². The standard InChI is InChI=1S/C23H30N2O2/c1-2-14-24-16-20(26)17-27-23-12-4-3-7-19(23)10-5-8-18-9-6-11-22-21(18)13-15-25-22/h3-4,6-7,9,11-13,15,20,24-26H,2,5,8,10,14,16-17H2,1H3/t20-/m0/s1. The second kappa shape index (κ2) is 10.1. The SMILES string of the molecule is CCCNC[C@H](O)COc1ccccc1CCCc1cccc2[nH]ccc12. The molecule has 4 nitrogen and oxygen atoms in total. The summed E-state index contributed by atoms with van der Waals surface area (Å²) in [6.07, 6.45) is 5.63. The Balaban J connectivity index is 1.52. The monoisotopic (exact) mass is 366 g/mol. The lowest BCUT2D eigenvalue weighted by atomic mass is 10.0. The minimum absolute atomic E-state index is 0.316. The van der Waals surface area contributed by atoms with Crippen LogP contribution in [-0.4, -0.2) is 35.9 Å². The summed E-state index contributed by atoms with van der Waals surface area (Å²) in [4.78, 5) is 3.27. The number of hydrogen-bond acceptors (Lipinski definition) is 3. The molecule has 0 aliphatic heterocycles. The third kappa shape index (κ3) is 5.59. The molecule has 0 amide bonds. The number of para-hydroxylation sites is 1. The molecule has 1 atom stereocenters. The number of ether oxygens (including phenoxy) is 1. The summed E-state index contributed by atoms with van der Waals surface area (Å²) < 4.78 is 5.90. The molecule has 0 bridgehead atoms. The van der Waals surface area contributed by atoms with Crippen molar-refractivity contribution < 1.29 is 9.84 Å². The number of nitrogens with one attached hydrogen (secondary N) is 2. The van der Waals surface area contributed by atoms with Crippen molar-refractivity contribution in [3.8, 4) is 5.75 Å². The molecule has 0 saturated heterocycles. The molecule has 0 unspecified atom stereocenters. The van der Waals surface area contributed by atoms with Crippen LogP contribution < -0.4 is 10.1 Å². The van der Waals surface area contributed by atoms with Crippen LogP contribution in [0.5, 0.6) is 5.75 Å². The van der Waals surface area contributed by atoms with E-state index in [0.717, 1.165) is 38.0 Å². The van der Waals surface area contributed by atoms with Crippen molar-refractivity contribution >= 4 is 10.9 Å². The smallest absolute Gasteiger partial charge is 0.122 e. The van der Waals surface area contributed by atoms with Crippen LogP contribution in [0.4, 0.5) is 0 Å². The average Bonchev–Trinajstić information content (AvgIpc) is 3.17. The van der Waals surface area contributed by atoms with Gasteiger partial charge in [-0.25, -0.2) is 0 Å². The normalized spacial score (nSPS) is 12.4. The van der Waals surface area contributed by atoms with Gasteiger partial charge in [0, 0.05) is 23.6 Å². The van der Waals surface area contributed by atoms with E-state index >= 15 is 0 Å². The van der Waals surface area contributed by atoms with Gasteiger partial charge in [-0.05, 0) is 61.6 Å². The number of hydrogen-bond donors (Lipinski definition) is 3. The summed E-state index contributed by atoms with van der Waals surface area (Å²) in [7, 11) is 0. The number of H-pyrrole nitrogens is 1. The lowest BCUT2D eigenvalue weighted by Gasteiger charge is -2.15. The molecule has 0 aliphatic rings. The number of aromatic amines is 1. The molecule has 144 valence electrons. The average molecular weight is 367 g/mol. The fourth-order valence-electron chi connectivity index (χ4n) is 3.38. The van der Waals surface area contributed by atoms with Crippen molar-refractivity contribution in [3.63, 3.8) is 0 Å². The van der Waals surface area contributed by atoms with E-state index in [-0.39, 0.29) is 0 Å². The number of benzene rings is 2. The van der Waals surface area contributed by atoms with Crippen molar-refractivity contribution in [1.82, 2.24) is 10.3 Å². The minimum Gasteiger partial charge on any atom is -0.491 e. The molecular weight excluding hydrogens is 336 g/mol. The van der Waals surface area contributed by atoms with E-state index in [4.69, 9.17) is 4.74 Å². The fourth-order valence-corrected chi connectivity index (χ4v) is 3.38. The first-order chi connectivity index (χ1) is 13.3. The molecule has 3 rings (SSSR count). The zero-order valence-corrected chi connectivity index (χ0v) is 16.1. The van der Waals surface area contributed by atoms with Crippen LogP contribution in [0.25, 0.3) is 10.9 Å². The van der Waals surface area contributed by atoms with Crippen LogP contribution in [-0.2, 0) is 12.8 Å². The molecule has 0 aliphatic carbocycles. The molecule has 1 aromatic heterocycles. The molecular formula is C23H30N2O2. The predicted molar refractivity (Wildman–Crippen MR) is 111 cm³/mol. The highest BCUT2D eigenvalue weighted by Gasteiger charge is 2.08. The predicted octanol–water partition coefficient (Wildman–Crippen LogP) is 4.08. The second-order valence-electron chi connectivity index (χ2n) is 6.99. The maximum absolute atomic E-state index is 10.0. The van der Waals surface area contributed by atoms with Gasteiger partial charge in [-0.15, -0.1) is 0 Å². The van der Waals surface area contributed by atoms with E-state index in [1.165, 1.54) is 22.0 Å². The van der Waals surface area contributed by atoms with Crippen LogP contribution in [0, 0.1) is 0 Å². The van der Waals surface area contributed by atoms with Gasteiger partial charge in [0.25, 0.3) is 0 Å². The van der Waals surface area contributed by atoms with Gasteiger partial charge < -0.3 is 20.1 Å². The Hall–Kier alpha value is -2.30. The maximum Gasteiger partial charge on any atom is 0.122 e. The van der Waals surface area contributed by atoms with E-state index in [1.54, 1.807) is 0 Å². The van der Waals surface area contributed by atoms with Crippen LogP contribution in [0.3, 0.4) is 0 Å². The first-order valence-corrected chi connectivity index (χ1v) is 9.92. The Morgan fingerprint density at radius 3 is 2.74 bits per heavy atom. The lowest BCUT2D eigenvalue weighted by molar-refractivity contribution is 0.106. The van der Waals surface area contributed by atoms with Gasteiger partial charge >= 0.3 is 0 Å². The summed E-state index contributed by atoms with van der Waals surface area (Å²) >= 11 is 0. The number of aliphatic hydroxyl groups excluding tert-OH is 1. The van der Waals surface area contributed by atoms with Crippen molar-refractivity contribution in [2.24, 2.45) is 0 Å². The fraction of sp³-hybridized carbons (Fsp3) is 0.391. The minimum atomic E-state index is -0.490. The Labute approximate surface area is 161 Å². The molecule has 1 heterocycles. The van der Waals surface area contributed by atoms with E-state index < -0.39 is 6.10 Å². The molecule has 0 spiro atoms. The largest absolute Gasteiger partial charge is 0.491 e. The molecule has 27 heavy (non-hydrogen) atoms. The highest BCUT2D eigenvalue weighted by Crippen LogP contribution is 2.23. The maximum atomic E-state index is 10.0. The van der Waals surface area contributed by atoms with Crippen molar-refractivity contribution in [1.29, 1.82) is 0 Å². The molecule has 2 aromatic carbocycles. The molecule has 4 heteroatoms. The van der Waals surface area contributed by atoms with E-state index in [2.05, 4.69) is 47.6 Å². The first kappa shape index (κ1) is 19.5. The Bertz CT molecular complexity index is 828. The Morgan fingerprint density at radius 2 is 1.85 bits per heavy atom. The zero-order valence-electron chi connectivity index (χ0n) is 16.1. The van der Waals surface area contributed by atoms with Crippen molar-refractivity contribution in [2.75, 3.05) is 19.7 Å². The van der Waals surface area contributed by atoms with Gasteiger partial charge in [0.2, 0.25) is 0 Å². The van der Waals surface area contributed by atoms with Gasteiger partial charge in [-0.2, -0.15) is 0 Å². The van der Waals surface area contributed by atoms with Gasteiger partial charge in [-0.3, -0.25) is 0 Å². The van der Waals surface area contributed by atoms with Crippen molar-refractivity contribution in [2.45, 2.75) is 38.7 Å². The summed E-state index contributed by atoms with van der Waals surface area (Å²) in [6, 6.07) is 16.7. The molecule has 0 fully saturated rings. The van der Waals surface area contributed by atoms with Gasteiger partial charge in [0.05, 0.1) is 0 Å². The second-order valence-corrected chi connectivity index (χ2v) is 6.99. The highest BCUT2D eigenvalue weighted by atomic mass is 16.5. The summed E-state index contributed by atoms with van der Waals surface area (Å²) in [5.41, 5.74) is 3.78. The zero-order chi connectivity index (χ0) is 18.9. The summed E-state index contributed by atoms with van der Waals surface area (Å²) in [5.74, 6) is 0.881. The Morgan fingerprint density at radius 1 is 1.04 bits per heavy atom. The van der Waals surface area contributed by atoms with E-state index in [9.17, 15) is 5.11 Å². The number of aromatic nitrogens is 1. The van der Waals surface area contributed by atoms with Gasteiger partial charge in [0.1, 0.15) is 18.5 Å². The summed E-state index contributed by atoms with van der Waals surface area (Å²) in [6.45, 7) is 3.91. The van der Waals surface area contributed by atoms with Crippen LogP contribution in [0.2, 0.25) is 0 Å². The number of rotatable bonds is 11. The first-order valence-electron chi connectivity index (χ1n) is 9.92. The third-order valence-corrected chi connectivity index (χ3v) is 4.79. The Kier molecular flexibility index (Phi) is 7.31. The van der Waals surface area contributed by atoms with Gasteiger partial charge in [0.15, 0.2) is 0 Å². The molecule has 0 saturated carbocycles. The number of aliphatic hydroxyl groups is 1. The van der Waals surface area contributed by atoms with E-state index in [1.807, 2.05) is 24.4 Å². The third-order valence-electron chi connectivity index (χ3n) is 4.79. The van der Waals surface area contributed by atoms with E-state index in [0.29, 0.717) is 13.2 Å². The molecule has 3 N–H and O–H groups in total. The van der Waals surface area contributed by atoms with Crippen LogP contribution in [0.15, 0.2) is 54.7 Å². The molecule has 0 radical (unpaired) electrons.